The molecule has 0 saturated carbocycles. The summed E-state index contributed by atoms with van der Waals surface area (Å²) in [5, 5.41) is 7.67. The van der Waals surface area contributed by atoms with Gasteiger partial charge in [0.05, 0.1) is 11.8 Å². The summed E-state index contributed by atoms with van der Waals surface area (Å²) >= 11 is 0. The largest absolute Gasteiger partial charge is 0.464 e. The molecule has 33 heavy (non-hydrogen) atoms. The third-order valence-electron chi connectivity index (χ3n) is 5.55. The molecular weight excluding hydrogens is 414 g/mol. The molecule has 0 aliphatic heterocycles. The van der Waals surface area contributed by atoms with Gasteiger partial charge in [0.1, 0.15) is 5.58 Å². The van der Waals surface area contributed by atoms with E-state index >= 15 is 0 Å². The van der Waals surface area contributed by atoms with Crippen molar-refractivity contribution in [3.8, 4) is 0 Å². The Morgan fingerprint density at radius 1 is 0.758 bits per heavy atom. The molecule has 5 aromatic rings. The van der Waals surface area contributed by atoms with Gasteiger partial charge in [-0.2, -0.15) is 0 Å². The van der Waals surface area contributed by atoms with Crippen molar-refractivity contribution >= 4 is 45.1 Å². The first kappa shape index (κ1) is 20.5. The molecular formula is C27H21N3O3. The lowest BCUT2D eigenvalue weighted by Crippen LogP contribution is -2.15. The number of carbonyl (C=O) groups is 2. The van der Waals surface area contributed by atoms with Gasteiger partial charge >= 0.3 is 0 Å². The number of hydrogen-bond acceptors (Lipinski definition) is 4. The second-order valence-corrected chi connectivity index (χ2v) is 7.97. The number of aromatic nitrogens is 1. The quantitative estimate of drug-likeness (QED) is 0.357. The molecule has 0 aliphatic carbocycles. The van der Waals surface area contributed by atoms with Gasteiger partial charge in [-0.3, -0.25) is 14.6 Å². The Kier molecular flexibility index (Phi) is 5.11. The number of anilines is 2. The van der Waals surface area contributed by atoms with Gasteiger partial charge in [0.15, 0.2) is 0 Å². The minimum Gasteiger partial charge on any atom is -0.464 e. The monoisotopic (exact) mass is 435 g/mol. The number of nitrogens with one attached hydrogen (secondary N) is 2. The minimum absolute atomic E-state index is 0.229. The number of aryl methyl sites for hydroxylation is 2. The summed E-state index contributed by atoms with van der Waals surface area (Å²) in [6, 6.07) is 21.9. The molecule has 0 saturated heterocycles. The molecule has 5 rings (SSSR count). The molecule has 0 unspecified atom stereocenters. The minimum atomic E-state index is -0.258. The number of pyridine rings is 1. The highest BCUT2D eigenvalue weighted by molar-refractivity contribution is 6.08. The second kappa shape index (κ2) is 8.24. The lowest BCUT2D eigenvalue weighted by Gasteiger charge is -2.12. The van der Waals surface area contributed by atoms with Crippen LogP contribution < -0.4 is 10.6 Å². The van der Waals surface area contributed by atoms with E-state index in [9.17, 15) is 9.59 Å². The molecule has 0 spiro atoms. The third-order valence-corrected chi connectivity index (χ3v) is 5.55. The Morgan fingerprint density at radius 3 is 2.39 bits per heavy atom. The molecule has 0 fully saturated rings. The standard InChI is InChI=1S/C27H21N3O3/c1-16-3-9-22(29-26(31)21-7-6-18-11-12-33-25(18)14-21)15-24(16)30-27(32)20-8-10-23-19(13-20)5-4-17(2)28-23/h3-15H,1-2H3,(H,29,31)(H,30,32). The molecule has 3 aromatic carbocycles. The van der Waals surface area contributed by atoms with Gasteiger partial charge in [0.25, 0.3) is 11.8 Å². The summed E-state index contributed by atoms with van der Waals surface area (Å²) in [7, 11) is 0. The first-order valence-corrected chi connectivity index (χ1v) is 10.5. The molecule has 0 atom stereocenters. The predicted octanol–water partition coefficient (Wildman–Crippen LogP) is 6.10. The topological polar surface area (TPSA) is 84.2 Å². The van der Waals surface area contributed by atoms with Crippen LogP contribution in [0.3, 0.4) is 0 Å². The van der Waals surface area contributed by atoms with Crippen LogP contribution in [0.4, 0.5) is 11.4 Å². The van der Waals surface area contributed by atoms with E-state index in [1.807, 2.05) is 56.3 Å². The summed E-state index contributed by atoms with van der Waals surface area (Å²) in [6.07, 6.45) is 1.59. The number of benzene rings is 3. The normalized spacial score (nSPS) is 11.0. The molecule has 2 aromatic heterocycles. The Morgan fingerprint density at radius 2 is 1.52 bits per heavy atom. The van der Waals surface area contributed by atoms with E-state index in [1.165, 1.54) is 0 Å². The second-order valence-electron chi connectivity index (χ2n) is 7.97. The van der Waals surface area contributed by atoms with Crippen molar-refractivity contribution < 1.29 is 14.0 Å². The number of hydrogen-bond donors (Lipinski definition) is 2. The van der Waals surface area contributed by atoms with Gasteiger partial charge in [-0.15, -0.1) is 0 Å². The highest BCUT2D eigenvalue weighted by Crippen LogP contribution is 2.23. The molecule has 2 N–H and O–H groups in total. The number of carbonyl (C=O) groups excluding carboxylic acids is 2. The van der Waals surface area contributed by atoms with Crippen LogP contribution in [0.25, 0.3) is 21.9 Å². The zero-order chi connectivity index (χ0) is 22.9. The summed E-state index contributed by atoms with van der Waals surface area (Å²) in [5.74, 6) is -0.487. The van der Waals surface area contributed by atoms with Crippen LogP contribution in [-0.4, -0.2) is 16.8 Å². The molecule has 6 heteroatoms. The number of fused-ring (bicyclic) bond motifs is 2. The molecule has 0 bridgehead atoms. The maximum atomic E-state index is 12.9. The maximum absolute atomic E-state index is 12.9. The van der Waals surface area contributed by atoms with Gasteiger partial charge in [0.2, 0.25) is 0 Å². The Hall–Kier alpha value is -4.45. The van der Waals surface area contributed by atoms with E-state index in [-0.39, 0.29) is 11.8 Å². The first-order valence-electron chi connectivity index (χ1n) is 10.5. The number of nitrogens with zero attached hydrogens (tertiary/aromatic N) is 1. The predicted molar refractivity (Wildman–Crippen MR) is 130 cm³/mol. The number of amides is 2. The van der Waals surface area contributed by atoms with Gasteiger partial charge in [-0.1, -0.05) is 18.2 Å². The van der Waals surface area contributed by atoms with Crippen molar-refractivity contribution in [3.63, 3.8) is 0 Å². The summed E-state index contributed by atoms with van der Waals surface area (Å²) in [5.41, 5.74) is 5.55. The van der Waals surface area contributed by atoms with Gasteiger partial charge in [-0.05, 0) is 74.0 Å². The Balaban J connectivity index is 1.35. The average Bonchev–Trinajstić information content (AvgIpc) is 3.28. The number of furan rings is 1. The molecule has 2 amide bonds. The smallest absolute Gasteiger partial charge is 0.255 e. The highest BCUT2D eigenvalue weighted by atomic mass is 16.3. The van der Waals surface area contributed by atoms with Crippen molar-refractivity contribution in [1.82, 2.24) is 4.98 Å². The van der Waals surface area contributed by atoms with Crippen molar-refractivity contribution in [2.24, 2.45) is 0 Å². The fourth-order valence-corrected chi connectivity index (χ4v) is 3.70. The van der Waals surface area contributed by atoms with Crippen LogP contribution >= 0.6 is 0 Å². The van der Waals surface area contributed by atoms with Crippen molar-refractivity contribution in [1.29, 1.82) is 0 Å². The van der Waals surface area contributed by atoms with Crippen LogP contribution in [0.15, 0.2) is 83.5 Å². The van der Waals surface area contributed by atoms with Crippen molar-refractivity contribution in [2.75, 3.05) is 10.6 Å². The van der Waals surface area contributed by atoms with E-state index in [0.29, 0.717) is 28.1 Å². The summed E-state index contributed by atoms with van der Waals surface area (Å²) in [4.78, 5) is 30.1. The Labute approximate surface area is 190 Å². The van der Waals surface area contributed by atoms with Gasteiger partial charge in [0, 0.05) is 39.0 Å². The molecule has 2 heterocycles. The molecule has 0 radical (unpaired) electrons. The van der Waals surface area contributed by atoms with E-state index < -0.39 is 0 Å². The zero-order valence-electron chi connectivity index (χ0n) is 18.2. The zero-order valence-corrected chi connectivity index (χ0v) is 18.2. The molecule has 0 aliphatic rings. The van der Waals surface area contributed by atoms with Crippen LogP contribution in [-0.2, 0) is 0 Å². The fourth-order valence-electron chi connectivity index (χ4n) is 3.70. The lowest BCUT2D eigenvalue weighted by molar-refractivity contribution is 0.101. The highest BCUT2D eigenvalue weighted by Gasteiger charge is 2.12. The van der Waals surface area contributed by atoms with E-state index in [2.05, 4.69) is 15.6 Å². The van der Waals surface area contributed by atoms with Crippen molar-refractivity contribution in [3.05, 3.63) is 101 Å². The van der Waals surface area contributed by atoms with E-state index in [1.54, 1.807) is 36.6 Å². The Bertz CT molecular complexity index is 1530. The number of rotatable bonds is 4. The van der Waals surface area contributed by atoms with Crippen LogP contribution in [0.2, 0.25) is 0 Å². The summed E-state index contributed by atoms with van der Waals surface area (Å²) < 4.78 is 5.38. The van der Waals surface area contributed by atoms with Gasteiger partial charge in [-0.25, -0.2) is 0 Å². The van der Waals surface area contributed by atoms with Crippen LogP contribution in [0.5, 0.6) is 0 Å². The SMILES string of the molecule is Cc1ccc2cc(C(=O)Nc3cc(NC(=O)c4ccc5ccoc5c4)ccc3C)ccc2n1. The molecule has 6 nitrogen and oxygen atoms in total. The van der Waals surface area contributed by atoms with E-state index in [0.717, 1.165) is 27.5 Å². The molecule has 162 valence electrons. The van der Waals surface area contributed by atoms with Crippen LogP contribution in [0, 0.1) is 13.8 Å². The summed E-state index contributed by atoms with van der Waals surface area (Å²) in [6.45, 7) is 3.84. The van der Waals surface area contributed by atoms with Crippen LogP contribution in [0.1, 0.15) is 32.0 Å². The van der Waals surface area contributed by atoms with E-state index in [4.69, 9.17) is 4.42 Å². The first-order chi connectivity index (χ1) is 16.0. The van der Waals surface area contributed by atoms with Gasteiger partial charge < -0.3 is 15.1 Å². The third kappa shape index (κ3) is 4.19. The fraction of sp³-hybridized carbons (Fsp3) is 0.0741. The van der Waals surface area contributed by atoms with Crippen molar-refractivity contribution in [2.45, 2.75) is 13.8 Å². The average molecular weight is 435 g/mol. The maximum Gasteiger partial charge on any atom is 0.255 e. The lowest BCUT2D eigenvalue weighted by atomic mass is 10.1.